The third-order valence-electron chi connectivity index (χ3n) is 2.98. The van der Waals surface area contributed by atoms with E-state index in [2.05, 4.69) is 10.0 Å². The second-order valence-corrected chi connectivity index (χ2v) is 6.20. The minimum absolute atomic E-state index is 0.277. The summed E-state index contributed by atoms with van der Waals surface area (Å²) >= 11 is 0. The molecule has 0 aliphatic carbocycles. The molecule has 0 unspecified atom stereocenters. The van der Waals surface area contributed by atoms with E-state index in [0.29, 0.717) is 24.5 Å². The van der Waals surface area contributed by atoms with Crippen LogP contribution in [-0.2, 0) is 27.7 Å². The van der Waals surface area contributed by atoms with Gasteiger partial charge in [0.05, 0.1) is 11.5 Å². The number of hydrogen-bond acceptors (Lipinski definition) is 4. The highest BCUT2D eigenvalue weighted by atomic mass is 32.2. The largest absolute Gasteiger partial charge is 0.383 e. The van der Waals surface area contributed by atoms with Crippen LogP contribution in [0.25, 0.3) is 0 Å². The zero-order valence-electron chi connectivity index (χ0n) is 12.4. The molecule has 0 fully saturated rings. The number of hydrogen-bond donors (Lipinski definition) is 2. The molecule has 0 saturated carbocycles. The Morgan fingerprint density at radius 1 is 1.25 bits per heavy atom. The quantitative estimate of drug-likeness (QED) is 0.674. The molecule has 0 atom stereocenters. The van der Waals surface area contributed by atoms with E-state index in [1.807, 2.05) is 26.0 Å². The first-order chi connectivity index (χ1) is 9.55. The average Bonchev–Trinajstić information content (AvgIpc) is 2.45. The molecule has 1 aromatic carbocycles. The Balaban J connectivity index is 3.00. The van der Waals surface area contributed by atoms with Crippen molar-refractivity contribution in [3.63, 3.8) is 0 Å². The number of sulfonamides is 1. The van der Waals surface area contributed by atoms with Crippen LogP contribution in [0, 0.1) is 0 Å². The highest BCUT2D eigenvalue weighted by molar-refractivity contribution is 7.89. The van der Waals surface area contributed by atoms with E-state index in [0.717, 1.165) is 17.7 Å². The summed E-state index contributed by atoms with van der Waals surface area (Å²) in [6.45, 7) is 6.12. The lowest BCUT2D eigenvalue weighted by molar-refractivity contribution is 0.204. The van der Waals surface area contributed by atoms with Crippen LogP contribution in [0.15, 0.2) is 23.1 Å². The minimum atomic E-state index is -3.48. The van der Waals surface area contributed by atoms with Gasteiger partial charge in [0.15, 0.2) is 0 Å². The first-order valence-corrected chi connectivity index (χ1v) is 8.34. The van der Waals surface area contributed by atoms with Crippen LogP contribution in [0.2, 0.25) is 0 Å². The highest BCUT2D eigenvalue weighted by Crippen LogP contribution is 2.18. The van der Waals surface area contributed by atoms with E-state index < -0.39 is 10.0 Å². The van der Waals surface area contributed by atoms with Gasteiger partial charge in [-0.3, -0.25) is 0 Å². The second kappa shape index (κ2) is 8.36. The Labute approximate surface area is 121 Å². The van der Waals surface area contributed by atoms with E-state index in [-0.39, 0.29) is 6.54 Å². The fourth-order valence-corrected chi connectivity index (χ4v) is 3.25. The number of benzene rings is 1. The lowest BCUT2D eigenvalue weighted by Gasteiger charge is -2.12. The summed E-state index contributed by atoms with van der Waals surface area (Å²) in [7, 11) is -1.94. The Bertz CT molecular complexity index is 515. The van der Waals surface area contributed by atoms with Gasteiger partial charge in [-0.1, -0.05) is 26.0 Å². The molecule has 1 aromatic rings. The number of methoxy groups -OCH3 is 1. The zero-order chi connectivity index (χ0) is 15.0. The first-order valence-electron chi connectivity index (χ1n) is 6.86. The first kappa shape index (κ1) is 17.1. The zero-order valence-corrected chi connectivity index (χ0v) is 13.2. The third kappa shape index (κ3) is 4.86. The Morgan fingerprint density at radius 3 is 2.60 bits per heavy atom. The van der Waals surface area contributed by atoms with Crippen molar-refractivity contribution in [1.29, 1.82) is 0 Å². The maximum atomic E-state index is 12.3. The van der Waals surface area contributed by atoms with Crippen LogP contribution < -0.4 is 10.0 Å². The maximum absolute atomic E-state index is 12.3. The summed E-state index contributed by atoms with van der Waals surface area (Å²) in [5.41, 5.74) is 1.80. The predicted octanol–water partition coefficient (Wildman–Crippen LogP) is 1.28. The lowest BCUT2D eigenvalue weighted by atomic mass is 10.1. The normalized spacial score (nSPS) is 11.8. The molecule has 0 aliphatic rings. The summed E-state index contributed by atoms with van der Waals surface area (Å²) in [5, 5.41) is 3.20. The molecule has 0 aromatic heterocycles. The lowest BCUT2D eigenvalue weighted by Crippen LogP contribution is -2.28. The van der Waals surface area contributed by atoms with Crippen molar-refractivity contribution in [2.75, 3.05) is 26.8 Å². The van der Waals surface area contributed by atoms with Crippen molar-refractivity contribution in [3.05, 3.63) is 29.3 Å². The number of ether oxygens (including phenoxy) is 1. The molecule has 0 aliphatic heterocycles. The van der Waals surface area contributed by atoms with Gasteiger partial charge in [-0.2, -0.15) is 0 Å². The van der Waals surface area contributed by atoms with Crippen LogP contribution >= 0.6 is 0 Å². The Morgan fingerprint density at radius 2 is 2.00 bits per heavy atom. The summed E-state index contributed by atoms with van der Waals surface area (Å²) in [6, 6.07) is 5.60. The van der Waals surface area contributed by atoms with Crippen molar-refractivity contribution in [2.45, 2.75) is 31.7 Å². The van der Waals surface area contributed by atoms with E-state index in [1.165, 1.54) is 0 Å². The van der Waals surface area contributed by atoms with Crippen LogP contribution in [0.1, 0.15) is 25.0 Å². The van der Waals surface area contributed by atoms with Gasteiger partial charge in [0, 0.05) is 20.2 Å². The Kier molecular flexibility index (Phi) is 7.15. The van der Waals surface area contributed by atoms with Gasteiger partial charge in [0.1, 0.15) is 0 Å². The number of rotatable bonds is 9. The monoisotopic (exact) mass is 300 g/mol. The molecule has 0 bridgehead atoms. The topological polar surface area (TPSA) is 67.4 Å². The number of aryl methyl sites for hydroxylation is 1. The smallest absolute Gasteiger partial charge is 0.240 e. The van der Waals surface area contributed by atoms with Gasteiger partial charge in [-0.05, 0) is 30.2 Å². The second-order valence-electron chi connectivity index (χ2n) is 4.47. The van der Waals surface area contributed by atoms with Gasteiger partial charge in [0.2, 0.25) is 10.0 Å². The van der Waals surface area contributed by atoms with Crippen LogP contribution in [0.3, 0.4) is 0 Å². The molecule has 0 amide bonds. The molecule has 0 heterocycles. The molecule has 114 valence electrons. The maximum Gasteiger partial charge on any atom is 0.240 e. The van der Waals surface area contributed by atoms with Crippen molar-refractivity contribution in [2.24, 2.45) is 0 Å². The minimum Gasteiger partial charge on any atom is -0.383 e. The standard InChI is InChI=1S/C14H24N2O3S/c1-4-13-7-6-12(11-15-5-2)10-14(13)20(17,18)16-8-9-19-3/h6-7,10,15-16H,4-5,8-9,11H2,1-3H3. The van der Waals surface area contributed by atoms with Crippen molar-refractivity contribution >= 4 is 10.0 Å². The SMILES string of the molecule is CCNCc1ccc(CC)c(S(=O)(=O)NCCOC)c1. The van der Waals surface area contributed by atoms with E-state index >= 15 is 0 Å². The van der Waals surface area contributed by atoms with E-state index in [1.54, 1.807) is 13.2 Å². The number of nitrogens with one attached hydrogen (secondary N) is 2. The fourth-order valence-electron chi connectivity index (χ4n) is 1.88. The Hall–Kier alpha value is -0.950. The molecule has 0 saturated heterocycles. The van der Waals surface area contributed by atoms with Crippen molar-refractivity contribution in [1.82, 2.24) is 10.0 Å². The average molecular weight is 300 g/mol. The molecule has 20 heavy (non-hydrogen) atoms. The van der Waals surface area contributed by atoms with Gasteiger partial charge in [-0.15, -0.1) is 0 Å². The van der Waals surface area contributed by atoms with Crippen LogP contribution in [0.5, 0.6) is 0 Å². The summed E-state index contributed by atoms with van der Waals surface area (Å²) < 4.78 is 32.1. The molecule has 0 radical (unpaired) electrons. The van der Waals surface area contributed by atoms with Gasteiger partial charge >= 0.3 is 0 Å². The van der Waals surface area contributed by atoms with Gasteiger partial charge < -0.3 is 10.1 Å². The van der Waals surface area contributed by atoms with E-state index in [4.69, 9.17) is 4.74 Å². The molecule has 1 rings (SSSR count). The summed E-state index contributed by atoms with van der Waals surface area (Å²) in [4.78, 5) is 0.367. The highest BCUT2D eigenvalue weighted by Gasteiger charge is 2.17. The van der Waals surface area contributed by atoms with Crippen molar-refractivity contribution in [3.8, 4) is 0 Å². The molecular formula is C14H24N2O3S. The predicted molar refractivity (Wildman–Crippen MR) is 80.3 cm³/mol. The van der Waals surface area contributed by atoms with Crippen LogP contribution in [-0.4, -0.2) is 35.2 Å². The van der Waals surface area contributed by atoms with E-state index in [9.17, 15) is 8.42 Å². The molecule has 5 nitrogen and oxygen atoms in total. The molecule has 2 N–H and O–H groups in total. The molecule has 6 heteroatoms. The summed E-state index contributed by atoms with van der Waals surface area (Å²) in [6.07, 6.45) is 0.683. The van der Waals surface area contributed by atoms with Crippen molar-refractivity contribution < 1.29 is 13.2 Å². The summed E-state index contributed by atoms with van der Waals surface area (Å²) in [5.74, 6) is 0. The molecule has 0 spiro atoms. The fraction of sp³-hybridized carbons (Fsp3) is 0.571. The van der Waals surface area contributed by atoms with Crippen LogP contribution in [0.4, 0.5) is 0 Å². The third-order valence-corrected chi connectivity index (χ3v) is 4.52. The van der Waals surface area contributed by atoms with Gasteiger partial charge in [-0.25, -0.2) is 13.1 Å². The van der Waals surface area contributed by atoms with Gasteiger partial charge in [0.25, 0.3) is 0 Å². The molecular weight excluding hydrogens is 276 g/mol.